The van der Waals surface area contributed by atoms with Crippen LogP contribution in [0.1, 0.15) is 16.9 Å². The van der Waals surface area contributed by atoms with Crippen LogP contribution >= 0.6 is 11.6 Å². The molecule has 0 saturated carbocycles. The Morgan fingerprint density at radius 3 is 2.82 bits per heavy atom. The van der Waals surface area contributed by atoms with Gasteiger partial charge in [0.15, 0.2) is 9.84 Å². The second-order valence-corrected chi connectivity index (χ2v) is 5.72. The predicted molar refractivity (Wildman–Crippen MR) is 63.0 cm³/mol. The molecule has 7 heteroatoms. The van der Waals surface area contributed by atoms with Gasteiger partial charge in [-0.3, -0.25) is 0 Å². The molecule has 1 rings (SSSR count). The number of rotatable bonds is 5. The van der Waals surface area contributed by atoms with Gasteiger partial charge in [-0.05, 0) is 18.6 Å². The molecule has 1 heterocycles. The molecule has 0 aliphatic heterocycles. The van der Waals surface area contributed by atoms with Crippen LogP contribution in [0.25, 0.3) is 0 Å². The summed E-state index contributed by atoms with van der Waals surface area (Å²) in [4.78, 5) is 15.0. The quantitative estimate of drug-likeness (QED) is 0.599. The largest absolute Gasteiger partial charge is 0.464 e. The number of carbonyl (C=O) groups is 1. The van der Waals surface area contributed by atoms with E-state index in [4.69, 9.17) is 11.6 Å². The topological polar surface area (TPSA) is 73.3 Å². The Morgan fingerprint density at radius 1 is 1.53 bits per heavy atom. The number of hydrogen-bond acceptors (Lipinski definition) is 5. The highest BCUT2D eigenvalue weighted by Gasteiger charge is 2.17. The van der Waals surface area contributed by atoms with Crippen molar-refractivity contribution in [3.8, 4) is 0 Å². The van der Waals surface area contributed by atoms with Crippen LogP contribution in [0.15, 0.2) is 23.2 Å². The van der Waals surface area contributed by atoms with Crippen LogP contribution in [0.5, 0.6) is 0 Å². The Balaban J connectivity index is 3.03. The van der Waals surface area contributed by atoms with Crippen molar-refractivity contribution in [1.29, 1.82) is 0 Å². The number of ether oxygens (including phenoxy) is 1. The van der Waals surface area contributed by atoms with Gasteiger partial charge in [-0.2, -0.15) is 0 Å². The van der Waals surface area contributed by atoms with Crippen molar-refractivity contribution in [3.05, 3.63) is 24.0 Å². The van der Waals surface area contributed by atoms with E-state index >= 15 is 0 Å². The zero-order chi connectivity index (χ0) is 12.9. The molecule has 17 heavy (non-hydrogen) atoms. The van der Waals surface area contributed by atoms with Crippen LogP contribution in [0.3, 0.4) is 0 Å². The maximum Gasteiger partial charge on any atom is 0.356 e. The Kier molecular flexibility index (Phi) is 4.89. The number of esters is 1. The van der Waals surface area contributed by atoms with Crippen LogP contribution in [-0.2, 0) is 14.6 Å². The standard InChI is InChI=1S/C10H12ClNO4S/c1-16-10(13)9-7-8(3-5-12-9)17(14,15)6-2-4-11/h3,5,7H,2,4,6H2,1H3. The molecule has 94 valence electrons. The number of sulfone groups is 1. The van der Waals surface area contributed by atoms with Crippen LogP contribution < -0.4 is 0 Å². The van der Waals surface area contributed by atoms with Crippen LogP contribution in [0, 0.1) is 0 Å². The predicted octanol–water partition coefficient (Wildman–Crippen LogP) is 1.27. The van der Waals surface area contributed by atoms with Gasteiger partial charge < -0.3 is 4.74 Å². The zero-order valence-electron chi connectivity index (χ0n) is 9.22. The maximum atomic E-state index is 11.8. The first kappa shape index (κ1) is 13.9. The number of carbonyl (C=O) groups excluding carboxylic acids is 1. The third kappa shape index (κ3) is 3.67. The average Bonchev–Trinajstić information content (AvgIpc) is 2.35. The van der Waals surface area contributed by atoms with Crippen molar-refractivity contribution in [2.24, 2.45) is 0 Å². The summed E-state index contributed by atoms with van der Waals surface area (Å²) in [6, 6.07) is 2.55. The number of alkyl halides is 1. The van der Waals surface area contributed by atoms with E-state index in [1.165, 1.54) is 25.4 Å². The molecule has 0 aromatic carbocycles. The third-order valence-electron chi connectivity index (χ3n) is 2.03. The minimum Gasteiger partial charge on any atom is -0.464 e. The first-order chi connectivity index (χ1) is 8.01. The van der Waals surface area contributed by atoms with Gasteiger partial charge in [-0.1, -0.05) is 0 Å². The summed E-state index contributed by atoms with van der Waals surface area (Å²) in [6.45, 7) is 0. The number of halogens is 1. The SMILES string of the molecule is COC(=O)c1cc(S(=O)(=O)CCCCl)ccn1. The number of nitrogens with zero attached hydrogens (tertiary/aromatic N) is 1. The van der Waals surface area contributed by atoms with Gasteiger partial charge in [0.1, 0.15) is 5.69 Å². The van der Waals surface area contributed by atoms with Gasteiger partial charge in [0.25, 0.3) is 0 Å². The van der Waals surface area contributed by atoms with Crippen molar-refractivity contribution in [1.82, 2.24) is 4.98 Å². The molecule has 0 N–H and O–H groups in total. The lowest BCUT2D eigenvalue weighted by molar-refractivity contribution is 0.0593. The average molecular weight is 278 g/mol. The summed E-state index contributed by atoms with van der Waals surface area (Å²) in [5.41, 5.74) is -0.0283. The molecule has 0 atom stereocenters. The minimum atomic E-state index is -3.42. The van der Waals surface area contributed by atoms with E-state index in [0.29, 0.717) is 6.42 Å². The number of hydrogen-bond donors (Lipinski definition) is 0. The van der Waals surface area contributed by atoms with Crippen molar-refractivity contribution >= 4 is 27.4 Å². The van der Waals surface area contributed by atoms with Crippen LogP contribution in [0.2, 0.25) is 0 Å². The molecule has 0 aliphatic carbocycles. The van der Waals surface area contributed by atoms with Crippen molar-refractivity contribution in [2.45, 2.75) is 11.3 Å². The summed E-state index contributed by atoms with van der Waals surface area (Å²) in [6.07, 6.45) is 1.62. The lowest BCUT2D eigenvalue weighted by Crippen LogP contribution is -2.10. The zero-order valence-corrected chi connectivity index (χ0v) is 10.8. The molecule has 0 bridgehead atoms. The van der Waals surface area contributed by atoms with E-state index in [2.05, 4.69) is 9.72 Å². The Morgan fingerprint density at radius 2 is 2.24 bits per heavy atom. The second-order valence-electron chi connectivity index (χ2n) is 3.23. The molecule has 0 radical (unpaired) electrons. The fraction of sp³-hybridized carbons (Fsp3) is 0.400. The van der Waals surface area contributed by atoms with Crippen LogP contribution in [0.4, 0.5) is 0 Å². The molecule has 0 aliphatic rings. The highest BCUT2D eigenvalue weighted by molar-refractivity contribution is 7.91. The molecular formula is C10H12ClNO4S. The molecular weight excluding hydrogens is 266 g/mol. The van der Waals surface area contributed by atoms with E-state index in [1.807, 2.05) is 0 Å². The molecule has 0 fully saturated rings. The smallest absolute Gasteiger partial charge is 0.356 e. The Labute approximate surface area is 105 Å². The highest BCUT2D eigenvalue weighted by Crippen LogP contribution is 2.13. The van der Waals surface area contributed by atoms with Gasteiger partial charge >= 0.3 is 5.97 Å². The molecule has 1 aromatic heterocycles. The third-order valence-corrected chi connectivity index (χ3v) is 4.10. The summed E-state index contributed by atoms with van der Waals surface area (Å²) in [7, 11) is -2.21. The second kappa shape index (κ2) is 5.97. The van der Waals surface area contributed by atoms with E-state index < -0.39 is 15.8 Å². The normalized spacial score (nSPS) is 11.2. The van der Waals surface area contributed by atoms with Crippen LogP contribution in [-0.4, -0.2) is 38.1 Å². The molecule has 0 spiro atoms. The Hall–Kier alpha value is -1.14. The van der Waals surface area contributed by atoms with E-state index in [9.17, 15) is 13.2 Å². The molecule has 5 nitrogen and oxygen atoms in total. The van der Waals surface area contributed by atoms with Gasteiger partial charge in [0, 0.05) is 12.1 Å². The van der Waals surface area contributed by atoms with Crippen molar-refractivity contribution in [2.75, 3.05) is 18.7 Å². The summed E-state index contributed by atoms with van der Waals surface area (Å²) >= 11 is 5.45. The fourth-order valence-corrected chi connectivity index (χ4v) is 2.79. The molecule has 0 unspecified atom stereocenters. The highest BCUT2D eigenvalue weighted by atomic mass is 35.5. The van der Waals surface area contributed by atoms with Gasteiger partial charge in [-0.25, -0.2) is 18.2 Å². The van der Waals surface area contributed by atoms with Crippen molar-refractivity contribution < 1.29 is 17.9 Å². The first-order valence-corrected chi connectivity index (χ1v) is 7.03. The molecule has 0 saturated heterocycles. The lowest BCUT2D eigenvalue weighted by Gasteiger charge is -2.04. The molecule has 1 aromatic rings. The Bertz CT molecular complexity index is 501. The maximum absolute atomic E-state index is 11.8. The van der Waals surface area contributed by atoms with Gasteiger partial charge in [0.05, 0.1) is 17.8 Å². The van der Waals surface area contributed by atoms with E-state index in [0.717, 1.165) is 0 Å². The van der Waals surface area contributed by atoms with E-state index in [1.54, 1.807) is 0 Å². The van der Waals surface area contributed by atoms with Gasteiger partial charge in [0.2, 0.25) is 0 Å². The summed E-state index contributed by atoms with van der Waals surface area (Å²) < 4.78 is 28.1. The summed E-state index contributed by atoms with van der Waals surface area (Å²) in [5.74, 6) is -0.450. The number of methoxy groups -OCH3 is 1. The lowest BCUT2D eigenvalue weighted by atomic mass is 10.3. The fourth-order valence-electron chi connectivity index (χ4n) is 1.18. The minimum absolute atomic E-state index is 0.0283. The monoisotopic (exact) mass is 277 g/mol. The number of pyridine rings is 1. The first-order valence-electron chi connectivity index (χ1n) is 4.84. The van der Waals surface area contributed by atoms with Gasteiger partial charge in [-0.15, -0.1) is 11.6 Å². The van der Waals surface area contributed by atoms with E-state index in [-0.39, 0.29) is 22.2 Å². The summed E-state index contributed by atoms with van der Waals surface area (Å²) in [5, 5.41) is 0. The van der Waals surface area contributed by atoms with Crippen molar-refractivity contribution in [3.63, 3.8) is 0 Å². The molecule has 0 amide bonds. The number of aromatic nitrogens is 1.